The van der Waals surface area contributed by atoms with E-state index in [1.54, 1.807) is 0 Å². The maximum atomic E-state index is 5.07. The first-order valence-electron chi connectivity index (χ1n) is 15.0. The summed E-state index contributed by atoms with van der Waals surface area (Å²) in [6.45, 7) is 10.7. The first-order valence-corrected chi connectivity index (χ1v) is 15.0. The zero-order valence-corrected chi connectivity index (χ0v) is 34.9. The number of quaternary nitrogens is 5. The van der Waals surface area contributed by atoms with Crippen molar-refractivity contribution in [2.75, 3.05) is 171 Å². The predicted octanol–water partition coefficient (Wildman–Crippen LogP) is -14.5. The van der Waals surface area contributed by atoms with Gasteiger partial charge in [0.1, 0.15) is 63.2 Å². The van der Waals surface area contributed by atoms with E-state index in [4.69, 9.17) is 23.7 Å². The summed E-state index contributed by atoms with van der Waals surface area (Å²) in [6, 6.07) is 0. The summed E-state index contributed by atoms with van der Waals surface area (Å²) in [5.74, 6) is 0. The highest BCUT2D eigenvalue weighted by molar-refractivity contribution is 4.68. The van der Waals surface area contributed by atoms with Gasteiger partial charge in [-0.05, 0) is 0 Å². The van der Waals surface area contributed by atoms with Crippen LogP contribution in [0.1, 0.15) is 0 Å². The molecule has 0 N–H and O–H groups in total. The van der Waals surface area contributed by atoms with E-state index in [1.807, 2.05) is 0 Å². The lowest BCUT2D eigenvalue weighted by molar-refractivity contribution is -0.870. The summed E-state index contributed by atoms with van der Waals surface area (Å²) < 4.78 is 30.4. The second-order valence-electron chi connectivity index (χ2n) is 17.1. The van der Waals surface area contributed by atoms with Crippen molar-refractivity contribution in [3.8, 4) is 0 Å². The minimum Gasteiger partial charge on any atom is -1.00 e. The van der Waals surface area contributed by atoms with Crippen LogP contribution < -0.4 is 62.0 Å². The molecule has 5 aliphatic heterocycles. The van der Waals surface area contributed by atoms with Crippen LogP contribution in [0.5, 0.6) is 0 Å². The van der Waals surface area contributed by atoms with E-state index in [1.165, 1.54) is 0 Å². The van der Waals surface area contributed by atoms with Crippen LogP contribution in [0.15, 0.2) is 0 Å². The molecule has 0 aliphatic carbocycles. The lowest BCUT2D eigenvalue weighted by atomic mass is 10.4. The fraction of sp³-hybridized carbons (Fsp3) is 1.00. The van der Waals surface area contributed by atoms with Gasteiger partial charge in [0.05, 0.1) is 139 Å². The Morgan fingerprint density at radius 3 is 0.400 bits per heavy atom. The van der Waals surface area contributed by atoms with Gasteiger partial charge in [-0.3, -0.25) is 0 Å². The second-order valence-corrected chi connectivity index (χ2v) is 17.1. The van der Waals surface area contributed by atoms with Crippen molar-refractivity contribution in [1.29, 1.82) is 0 Å². The second kappa shape index (κ2) is 23.5. The minimum atomic E-state index is 0. The van der Waals surface area contributed by atoms with Crippen LogP contribution in [0, 0.1) is 0 Å². The van der Waals surface area contributed by atoms with Gasteiger partial charge in [0.15, 0.2) is 0 Å². The number of rotatable bonds is 10. The lowest BCUT2D eigenvalue weighted by Gasteiger charge is -2.22. The largest absolute Gasteiger partial charge is 1.00 e. The lowest BCUT2D eigenvalue weighted by Crippen LogP contribution is -3.00. The Morgan fingerprint density at radius 1 is 0.289 bits per heavy atom. The van der Waals surface area contributed by atoms with Crippen molar-refractivity contribution in [3.63, 3.8) is 0 Å². The van der Waals surface area contributed by atoms with E-state index in [0.717, 1.165) is 88.2 Å². The Morgan fingerprint density at radius 2 is 0.378 bits per heavy atom. The number of hydrogen-bond acceptors (Lipinski definition) is 5. The summed E-state index contributed by atoms with van der Waals surface area (Å²) in [4.78, 5) is 0. The van der Waals surface area contributed by atoms with Gasteiger partial charge < -0.3 is 108 Å². The first-order chi connectivity index (χ1) is 17.9. The standard InChI is InChI=1S/5C6H14NO.5ClH/c5*1-7(2,3)4-6-5-8-6;;;;;/h5*6H,4-5H2,1-3H3;5*1H/q5*+1;;;;;/p-5. The van der Waals surface area contributed by atoms with Gasteiger partial charge in [-0.25, -0.2) is 0 Å². The van der Waals surface area contributed by atoms with Crippen molar-refractivity contribution in [3.05, 3.63) is 0 Å². The molecule has 5 aliphatic rings. The van der Waals surface area contributed by atoms with Gasteiger partial charge >= 0.3 is 0 Å². The highest BCUT2D eigenvalue weighted by Crippen LogP contribution is 2.14. The van der Waals surface area contributed by atoms with E-state index >= 15 is 0 Å². The van der Waals surface area contributed by atoms with Gasteiger partial charge in [-0.2, -0.15) is 0 Å². The summed E-state index contributed by atoms with van der Waals surface area (Å²) in [5.41, 5.74) is 0. The highest BCUT2D eigenvalue weighted by Gasteiger charge is 2.31. The van der Waals surface area contributed by atoms with E-state index in [2.05, 4.69) is 106 Å². The van der Waals surface area contributed by atoms with Crippen molar-refractivity contribution in [2.24, 2.45) is 0 Å². The predicted molar refractivity (Wildman–Crippen MR) is 163 cm³/mol. The third-order valence-corrected chi connectivity index (χ3v) is 5.77. The van der Waals surface area contributed by atoms with Crippen molar-refractivity contribution >= 4 is 0 Å². The van der Waals surface area contributed by atoms with Crippen LogP contribution in [-0.2, 0) is 23.7 Å². The Hall–Kier alpha value is 1.05. The smallest absolute Gasteiger partial charge is 0.130 e. The zero-order valence-electron chi connectivity index (χ0n) is 31.1. The minimum absolute atomic E-state index is 0. The van der Waals surface area contributed by atoms with Gasteiger partial charge in [-0.1, -0.05) is 0 Å². The molecule has 5 fully saturated rings. The summed E-state index contributed by atoms with van der Waals surface area (Å²) >= 11 is 0. The molecule has 0 bridgehead atoms. The van der Waals surface area contributed by atoms with Crippen LogP contribution >= 0.6 is 0 Å². The molecule has 5 heterocycles. The average Bonchev–Trinajstić information content (AvgIpc) is 3.47. The van der Waals surface area contributed by atoms with E-state index in [-0.39, 0.29) is 62.0 Å². The molecule has 0 radical (unpaired) electrons. The van der Waals surface area contributed by atoms with E-state index in [0.29, 0.717) is 30.5 Å². The number of halogens is 5. The van der Waals surface area contributed by atoms with Crippen LogP contribution in [0.2, 0.25) is 0 Å². The Balaban J connectivity index is -0.000000144. The number of ether oxygens (including phenoxy) is 5. The number of nitrogens with zero attached hydrogens (tertiary/aromatic N) is 5. The van der Waals surface area contributed by atoms with E-state index < -0.39 is 0 Å². The maximum Gasteiger partial charge on any atom is 0.130 e. The quantitative estimate of drug-likeness (QED) is 0.164. The number of hydrogen-bond donors (Lipinski definition) is 0. The molecule has 15 heteroatoms. The third-order valence-electron chi connectivity index (χ3n) is 5.77. The molecule has 0 aromatic heterocycles. The molecule has 0 aromatic rings. The Labute approximate surface area is 308 Å². The van der Waals surface area contributed by atoms with Crippen LogP contribution in [0.25, 0.3) is 0 Å². The molecule has 45 heavy (non-hydrogen) atoms. The topological polar surface area (TPSA) is 62.6 Å². The number of likely N-dealkylation sites (N-methyl/N-ethyl adjacent to an activating group) is 5. The van der Waals surface area contributed by atoms with Crippen LogP contribution in [0.3, 0.4) is 0 Å². The van der Waals surface area contributed by atoms with Crippen molar-refractivity contribution < 1.29 is 108 Å². The third kappa shape index (κ3) is 49.5. The molecule has 5 unspecified atom stereocenters. The van der Waals surface area contributed by atoms with Crippen LogP contribution in [-0.4, -0.2) is 224 Å². The van der Waals surface area contributed by atoms with Crippen molar-refractivity contribution in [1.82, 2.24) is 0 Å². The fourth-order valence-corrected chi connectivity index (χ4v) is 3.92. The molecule has 5 rings (SSSR count). The SMILES string of the molecule is C[N+](C)(C)CC1CO1.C[N+](C)(C)CC1CO1.C[N+](C)(C)CC1CO1.C[N+](C)(C)CC1CO1.C[N+](C)(C)CC1CO1.[Cl-].[Cl-].[Cl-].[Cl-].[Cl-]. The van der Waals surface area contributed by atoms with Gasteiger partial charge in [-0.15, -0.1) is 0 Å². The first kappa shape index (κ1) is 55.5. The average molecular weight is 758 g/mol. The maximum absolute atomic E-state index is 5.07. The molecular weight excluding hydrogens is 688 g/mol. The van der Waals surface area contributed by atoms with E-state index in [9.17, 15) is 0 Å². The van der Waals surface area contributed by atoms with Gasteiger partial charge in [0.25, 0.3) is 0 Å². The summed E-state index contributed by atoms with van der Waals surface area (Å²) in [7, 11) is 32.7. The van der Waals surface area contributed by atoms with Crippen molar-refractivity contribution in [2.45, 2.75) is 30.5 Å². The number of epoxide rings is 5. The molecular formula is C30H70Cl5N5O5. The highest BCUT2D eigenvalue weighted by atomic mass is 35.5. The summed E-state index contributed by atoms with van der Waals surface area (Å²) in [6.07, 6.45) is 2.82. The fourth-order valence-electron chi connectivity index (χ4n) is 3.92. The normalized spacial score (nSPS) is 25.0. The molecule has 0 aromatic carbocycles. The molecule has 0 spiro atoms. The monoisotopic (exact) mass is 755 g/mol. The molecule has 5 atom stereocenters. The Bertz CT molecular complexity index is 567. The molecule has 280 valence electrons. The molecule has 10 nitrogen and oxygen atoms in total. The molecule has 0 amide bonds. The Kier molecular flexibility index (Phi) is 28.9. The zero-order chi connectivity index (χ0) is 31.0. The molecule has 5 saturated heterocycles. The molecule has 0 saturated carbocycles. The summed E-state index contributed by atoms with van der Waals surface area (Å²) in [5, 5.41) is 0. The van der Waals surface area contributed by atoms with Crippen LogP contribution in [0.4, 0.5) is 0 Å². The van der Waals surface area contributed by atoms with Gasteiger partial charge in [0.2, 0.25) is 0 Å². The van der Waals surface area contributed by atoms with Gasteiger partial charge in [0, 0.05) is 0 Å².